The molecule has 6 nitrogen and oxygen atoms in total. The number of aliphatic hydroxyl groups excluding tert-OH is 1. The van der Waals surface area contributed by atoms with Crippen molar-refractivity contribution in [3.63, 3.8) is 0 Å². The number of nitrogen functional groups attached to an aromatic ring is 1. The predicted octanol–water partition coefficient (Wildman–Crippen LogP) is 0.397. The molecule has 0 unspecified atom stereocenters. The van der Waals surface area contributed by atoms with Gasteiger partial charge in [0.1, 0.15) is 11.5 Å². The molecular formula is C12H18N2O4. The van der Waals surface area contributed by atoms with E-state index in [1.165, 1.54) is 20.3 Å². The number of aliphatic hydroxyl groups is 1. The molecule has 1 atom stereocenters. The van der Waals surface area contributed by atoms with Crippen LogP contribution in [0.15, 0.2) is 12.1 Å². The molecule has 0 fully saturated rings. The summed E-state index contributed by atoms with van der Waals surface area (Å²) in [5.74, 6) is 0.463. The number of ether oxygens (including phenoxy) is 2. The van der Waals surface area contributed by atoms with E-state index in [-0.39, 0.29) is 23.7 Å². The Balaban J connectivity index is 3.02. The predicted molar refractivity (Wildman–Crippen MR) is 68.0 cm³/mol. The lowest BCUT2D eigenvalue weighted by Gasteiger charge is -2.13. The van der Waals surface area contributed by atoms with Crippen molar-refractivity contribution < 1.29 is 19.4 Å². The lowest BCUT2D eigenvalue weighted by Crippen LogP contribution is -2.31. The Morgan fingerprint density at radius 1 is 1.44 bits per heavy atom. The van der Waals surface area contributed by atoms with Crippen molar-refractivity contribution in [2.75, 3.05) is 26.5 Å². The largest absolute Gasteiger partial charge is 0.497 e. The molecule has 0 spiro atoms. The van der Waals surface area contributed by atoms with E-state index in [0.717, 1.165) is 0 Å². The zero-order chi connectivity index (χ0) is 13.7. The summed E-state index contributed by atoms with van der Waals surface area (Å²) in [5, 5.41) is 11.7. The quantitative estimate of drug-likeness (QED) is 0.661. The second-order valence-electron chi connectivity index (χ2n) is 3.85. The Kier molecular flexibility index (Phi) is 4.79. The van der Waals surface area contributed by atoms with Crippen LogP contribution < -0.4 is 20.5 Å². The lowest BCUT2D eigenvalue weighted by molar-refractivity contribution is 0.0924. The summed E-state index contributed by atoms with van der Waals surface area (Å²) in [6, 6.07) is 3.12. The highest BCUT2D eigenvalue weighted by atomic mass is 16.5. The van der Waals surface area contributed by atoms with E-state index in [4.69, 9.17) is 20.3 Å². The number of anilines is 1. The molecule has 0 aliphatic heterocycles. The molecule has 6 heteroatoms. The van der Waals surface area contributed by atoms with Crippen LogP contribution >= 0.6 is 0 Å². The van der Waals surface area contributed by atoms with Gasteiger partial charge in [0, 0.05) is 12.6 Å². The summed E-state index contributed by atoms with van der Waals surface area (Å²) in [4.78, 5) is 11.9. The van der Waals surface area contributed by atoms with Gasteiger partial charge in [-0.1, -0.05) is 0 Å². The molecule has 4 N–H and O–H groups in total. The van der Waals surface area contributed by atoms with Crippen molar-refractivity contribution in [2.45, 2.75) is 13.0 Å². The average Bonchev–Trinajstić information content (AvgIpc) is 2.36. The molecule has 0 saturated carbocycles. The van der Waals surface area contributed by atoms with Crippen LogP contribution in [0, 0.1) is 0 Å². The first-order chi connectivity index (χ1) is 8.49. The summed E-state index contributed by atoms with van der Waals surface area (Å²) in [6.07, 6.45) is -0.623. The number of carbonyl (C=O) groups is 1. The third kappa shape index (κ3) is 3.27. The van der Waals surface area contributed by atoms with Gasteiger partial charge in [-0.3, -0.25) is 4.79 Å². The summed E-state index contributed by atoms with van der Waals surface area (Å²) >= 11 is 0. The van der Waals surface area contributed by atoms with Gasteiger partial charge in [-0.05, 0) is 13.0 Å². The van der Waals surface area contributed by atoms with Crippen molar-refractivity contribution in [1.29, 1.82) is 0 Å². The zero-order valence-electron chi connectivity index (χ0n) is 10.7. The van der Waals surface area contributed by atoms with Crippen LogP contribution in [0.3, 0.4) is 0 Å². The van der Waals surface area contributed by atoms with Gasteiger partial charge in [0.15, 0.2) is 0 Å². The number of hydrogen-bond donors (Lipinski definition) is 3. The minimum absolute atomic E-state index is 0.151. The normalized spacial score (nSPS) is 11.8. The molecule has 0 aliphatic carbocycles. The molecule has 1 aromatic carbocycles. The Labute approximate surface area is 106 Å². The highest BCUT2D eigenvalue weighted by molar-refractivity contribution is 6.00. The van der Waals surface area contributed by atoms with Crippen molar-refractivity contribution in [3.05, 3.63) is 17.7 Å². The number of carbonyl (C=O) groups excluding carboxylic acids is 1. The van der Waals surface area contributed by atoms with E-state index in [2.05, 4.69) is 5.32 Å². The maximum absolute atomic E-state index is 11.9. The van der Waals surface area contributed by atoms with Gasteiger partial charge in [-0.15, -0.1) is 0 Å². The van der Waals surface area contributed by atoms with Gasteiger partial charge < -0.3 is 25.6 Å². The number of nitrogens with two attached hydrogens (primary N) is 1. The number of nitrogens with one attached hydrogen (secondary N) is 1. The Morgan fingerprint density at radius 2 is 2.11 bits per heavy atom. The smallest absolute Gasteiger partial charge is 0.253 e. The molecule has 0 aliphatic rings. The Morgan fingerprint density at radius 3 is 2.61 bits per heavy atom. The zero-order valence-corrected chi connectivity index (χ0v) is 10.7. The summed E-state index contributed by atoms with van der Waals surface area (Å²) in [7, 11) is 2.95. The van der Waals surface area contributed by atoms with Crippen LogP contribution in [0.1, 0.15) is 17.3 Å². The molecule has 0 bridgehead atoms. The summed E-state index contributed by atoms with van der Waals surface area (Å²) in [6.45, 7) is 1.73. The van der Waals surface area contributed by atoms with Crippen LogP contribution in [-0.2, 0) is 0 Å². The molecule has 0 radical (unpaired) electrons. The monoisotopic (exact) mass is 254 g/mol. The van der Waals surface area contributed by atoms with Crippen LogP contribution in [-0.4, -0.2) is 37.9 Å². The number of benzene rings is 1. The van der Waals surface area contributed by atoms with Crippen molar-refractivity contribution in [2.24, 2.45) is 0 Å². The molecule has 0 heterocycles. The molecule has 100 valence electrons. The number of amides is 1. The minimum Gasteiger partial charge on any atom is -0.497 e. The Hall–Kier alpha value is -1.95. The van der Waals surface area contributed by atoms with Crippen molar-refractivity contribution in [1.82, 2.24) is 5.32 Å². The fourth-order valence-electron chi connectivity index (χ4n) is 1.41. The van der Waals surface area contributed by atoms with E-state index < -0.39 is 6.10 Å². The second-order valence-corrected chi connectivity index (χ2v) is 3.85. The lowest BCUT2D eigenvalue weighted by atomic mass is 10.1. The first-order valence-electron chi connectivity index (χ1n) is 5.47. The third-order valence-corrected chi connectivity index (χ3v) is 2.37. The molecule has 0 saturated heterocycles. The van der Waals surface area contributed by atoms with E-state index in [1.54, 1.807) is 13.0 Å². The molecule has 0 aromatic heterocycles. The van der Waals surface area contributed by atoms with Crippen LogP contribution in [0.2, 0.25) is 0 Å². The van der Waals surface area contributed by atoms with Gasteiger partial charge >= 0.3 is 0 Å². The molecular weight excluding hydrogens is 236 g/mol. The highest BCUT2D eigenvalue weighted by Crippen LogP contribution is 2.30. The first-order valence-corrected chi connectivity index (χ1v) is 5.47. The first kappa shape index (κ1) is 14.1. The van der Waals surface area contributed by atoms with Gasteiger partial charge in [0.2, 0.25) is 0 Å². The molecule has 1 rings (SSSR count). The summed E-state index contributed by atoms with van der Waals surface area (Å²) in [5.41, 5.74) is 6.31. The third-order valence-electron chi connectivity index (χ3n) is 2.37. The fraction of sp³-hybridized carbons (Fsp3) is 0.417. The van der Waals surface area contributed by atoms with E-state index >= 15 is 0 Å². The number of rotatable bonds is 5. The topological polar surface area (TPSA) is 93.8 Å². The number of methoxy groups -OCH3 is 2. The summed E-state index contributed by atoms with van der Waals surface area (Å²) < 4.78 is 10.1. The maximum Gasteiger partial charge on any atom is 0.253 e. The number of hydrogen-bond acceptors (Lipinski definition) is 5. The maximum atomic E-state index is 11.9. The van der Waals surface area contributed by atoms with Crippen molar-refractivity contribution >= 4 is 11.6 Å². The molecule has 1 aromatic rings. The van der Waals surface area contributed by atoms with Crippen LogP contribution in [0.5, 0.6) is 11.5 Å². The van der Waals surface area contributed by atoms with Gasteiger partial charge in [-0.2, -0.15) is 0 Å². The van der Waals surface area contributed by atoms with Crippen LogP contribution in [0.25, 0.3) is 0 Å². The minimum atomic E-state index is -0.623. The van der Waals surface area contributed by atoms with E-state index in [1.807, 2.05) is 0 Å². The van der Waals surface area contributed by atoms with Crippen molar-refractivity contribution in [3.8, 4) is 11.5 Å². The Bertz CT molecular complexity index is 432. The fourth-order valence-corrected chi connectivity index (χ4v) is 1.41. The van der Waals surface area contributed by atoms with Gasteiger partial charge in [0.25, 0.3) is 5.91 Å². The highest BCUT2D eigenvalue weighted by Gasteiger charge is 2.16. The van der Waals surface area contributed by atoms with Gasteiger partial charge in [0.05, 0.1) is 31.6 Å². The molecule has 18 heavy (non-hydrogen) atoms. The van der Waals surface area contributed by atoms with Crippen LogP contribution in [0.4, 0.5) is 5.69 Å². The standard InChI is InChI=1S/C12H18N2O4/c1-7(15)6-14-12(16)9-4-8(17-2)5-10(18-3)11(9)13/h4-5,7,15H,6,13H2,1-3H3,(H,14,16)/t7-/m1/s1. The molecule has 1 amide bonds. The average molecular weight is 254 g/mol. The van der Waals surface area contributed by atoms with E-state index in [9.17, 15) is 4.79 Å². The second kappa shape index (κ2) is 6.11. The SMILES string of the molecule is COc1cc(OC)c(N)c(C(=O)NC[C@@H](C)O)c1. The van der Waals surface area contributed by atoms with E-state index in [0.29, 0.717) is 11.5 Å². The van der Waals surface area contributed by atoms with Gasteiger partial charge in [-0.25, -0.2) is 0 Å².